The summed E-state index contributed by atoms with van der Waals surface area (Å²) in [6, 6.07) is 1.24. The average Bonchev–Trinajstić information content (AvgIpc) is 2.92. The van der Waals surface area contributed by atoms with Crippen molar-refractivity contribution in [3.05, 3.63) is 0 Å². The van der Waals surface area contributed by atoms with Crippen molar-refractivity contribution in [2.45, 2.75) is 44.2 Å². The van der Waals surface area contributed by atoms with E-state index in [0.717, 1.165) is 37.8 Å². The van der Waals surface area contributed by atoms with Gasteiger partial charge in [-0.15, -0.1) is 0 Å². The molecule has 5 heteroatoms. The van der Waals surface area contributed by atoms with E-state index in [4.69, 9.17) is 5.73 Å². The first kappa shape index (κ1) is 15.1. The molecule has 3 fully saturated rings. The summed E-state index contributed by atoms with van der Waals surface area (Å²) in [5.41, 5.74) is 6.32. The summed E-state index contributed by atoms with van der Waals surface area (Å²) in [5, 5.41) is 0. The van der Waals surface area contributed by atoms with Crippen LogP contribution in [0.5, 0.6) is 0 Å². The standard InChI is InChI=1S/C16H30N4O/c1-18(2)16(21)19-8-6-13(7-9-19)20-10-12-4-3-5-15(17)14(12)11-20/h12-15H,3-11,17H2,1-2H3. The van der Waals surface area contributed by atoms with E-state index in [1.165, 1.54) is 32.4 Å². The molecule has 0 radical (unpaired) electrons. The van der Waals surface area contributed by atoms with Gasteiger partial charge in [-0.2, -0.15) is 0 Å². The average molecular weight is 294 g/mol. The number of fused-ring (bicyclic) bond motifs is 1. The van der Waals surface area contributed by atoms with E-state index in [1.54, 1.807) is 4.90 Å². The molecule has 1 aliphatic carbocycles. The maximum absolute atomic E-state index is 12.0. The highest BCUT2D eigenvalue weighted by molar-refractivity contribution is 5.73. The zero-order valence-corrected chi connectivity index (χ0v) is 13.5. The van der Waals surface area contributed by atoms with Crippen LogP contribution in [0, 0.1) is 11.8 Å². The lowest BCUT2D eigenvalue weighted by atomic mass is 9.78. The summed E-state index contributed by atoms with van der Waals surface area (Å²) >= 11 is 0. The second-order valence-corrected chi connectivity index (χ2v) is 7.37. The number of piperidine rings is 1. The van der Waals surface area contributed by atoms with Gasteiger partial charge < -0.3 is 15.5 Å². The zero-order valence-electron chi connectivity index (χ0n) is 13.5. The Kier molecular flexibility index (Phi) is 4.41. The quantitative estimate of drug-likeness (QED) is 0.790. The molecule has 3 aliphatic rings. The van der Waals surface area contributed by atoms with Crippen molar-refractivity contribution < 1.29 is 4.79 Å². The van der Waals surface area contributed by atoms with Crippen molar-refractivity contribution in [1.29, 1.82) is 0 Å². The molecule has 0 aromatic rings. The van der Waals surface area contributed by atoms with Gasteiger partial charge in [-0.25, -0.2) is 4.79 Å². The molecule has 3 atom stereocenters. The zero-order chi connectivity index (χ0) is 15.0. The molecule has 1 saturated carbocycles. The number of rotatable bonds is 1. The van der Waals surface area contributed by atoms with Crippen LogP contribution in [0.1, 0.15) is 32.1 Å². The number of nitrogens with zero attached hydrogens (tertiary/aromatic N) is 3. The third-order valence-corrected chi connectivity index (χ3v) is 5.82. The molecule has 2 amide bonds. The van der Waals surface area contributed by atoms with Gasteiger partial charge in [0, 0.05) is 52.4 Å². The van der Waals surface area contributed by atoms with Gasteiger partial charge in [0.15, 0.2) is 0 Å². The molecule has 0 aromatic carbocycles. The monoisotopic (exact) mass is 294 g/mol. The summed E-state index contributed by atoms with van der Waals surface area (Å²) in [6.07, 6.45) is 6.13. The number of carbonyl (C=O) groups is 1. The van der Waals surface area contributed by atoms with Crippen LogP contribution in [0.15, 0.2) is 0 Å². The SMILES string of the molecule is CN(C)C(=O)N1CCC(N2CC3CCCC(N)C3C2)CC1. The lowest BCUT2D eigenvalue weighted by Crippen LogP contribution is -2.49. The fraction of sp³-hybridized carbons (Fsp3) is 0.938. The number of likely N-dealkylation sites (tertiary alicyclic amines) is 2. The second-order valence-electron chi connectivity index (χ2n) is 7.37. The molecule has 0 spiro atoms. The Morgan fingerprint density at radius 2 is 1.81 bits per heavy atom. The summed E-state index contributed by atoms with van der Waals surface area (Å²) < 4.78 is 0. The number of hydrogen-bond acceptors (Lipinski definition) is 3. The fourth-order valence-electron chi connectivity index (χ4n) is 4.55. The lowest BCUT2D eigenvalue weighted by Gasteiger charge is -2.37. The van der Waals surface area contributed by atoms with E-state index in [-0.39, 0.29) is 6.03 Å². The number of carbonyl (C=O) groups excluding carboxylic acids is 1. The first-order valence-corrected chi connectivity index (χ1v) is 8.52. The Morgan fingerprint density at radius 3 is 2.43 bits per heavy atom. The van der Waals surface area contributed by atoms with Crippen LogP contribution in [-0.2, 0) is 0 Å². The summed E-state index contributed by atoms with van der Waals surface area (Å²) in [4.78, 5) is 18.3. The maximum atomic E-state index is 12.0. The Hall–Kier alpha value is -0.810. The first-order valence-electron chi connectivity index (χ1n) is 8.52. The number of hydrogen-bond donors (Lipinski definition) is 1. The number of urea groups is 1. The predicted octanol–water partition coefficient (Wildman–Crippen LogP) is 1.19. The smallest absolute Gasteiger partial charge is 0.319 e. The Labute approximate surface area is 128 Å². The van der Waals surface area contributed by atoms with E-state index in [0.29, 0.717) is 12.1 Å². The van der Waals surface area contributed by atoms with Crippen LogP contribution in [0.25, 0.3) is 0 Å². The van der Waals surface area contributed by atoms with Crippen LogP contribution in [-0.4, -0.2) is 73.1 Å². The number of nitrogens with two attached hydrogens (primary N) is 1. The molecule has 3 unspecified atom stereocenters. The molecule has 2 saturated heterocycles. The van der Waals surface area contributed by atoms with E-state index in [2.05, 4.69) is 4.90 Å². The second kappa shape index (κ2) is 6.13. The van der Waals surface area contributed by atoms with Gasteiger partial charge in [0.05, 0.1) is 0 Å². The molecule has 2 heterocycles. The highest BCUT2D eigenvalue weighted by atomic mass is 16.2. The topological polar surface area (TPSA) is 52.8 Å². The van der Waals surface area contributed by atoms with Crippen LogP contribution in [0.2, 0.25) is 0 Å². The van der Waals surface area contributed by atoms with E-state index in [1.807, 2.05) is 19.0 Å². The Bertz CT molecular complexity index is 378. The third-order valence-electron chi connectivity index (χ3n) is 5.82. The van der Waals surface area contributed by atoms with Crippen molar-refractivity contribution in [2.75, 3.05) is 40.3 Å². The van der Waals surface area contributed by atoms with E-state index in [9.17, 15) is 4.79 Å². The van der Waals surface area contributed by atoms with E-state index < -0.39 is 0 Å². The highest BCUT2D eigenvalue weighted by Gasteiger charge is 2.41. The molecule has 0 bridgehead atoms. The van der Waals surface area contributed by atoms with Crippen molar-refractivity contribution in [3.8, 4) is 0 Å². The molecule has 120 valence electrons. The van der Waals surface area contributed by atoms with Gasteiger partial charge in [-0.1, -0.05) is 6.42 Å². The maximum Gasteiger partial charge on any atom is 0.319 e. The Morgan fingerprint density at radius 1 is 1.10 bits per heavy atom. The summed E-state index contributed by atoms with van der Waals surface area (Å²) in [7, 11) is 3.67. The minimum atomic E-state index is 0.158. The molecule has 2 N–H and O–H groups in total. The fourth-order valence-corrected chi connectivity index (χ4v) is 4.55. The van der Waals surface area contributed by atoms with Crippen molar-refractivity contribution in [1.82, 2.24) is 14.7 Å². The minimum absolute atomic E-state index is 0.158. The molecule has 0 aromatic heterocycles. The van der Waals surface area contributed by atoms with Crippen molar-refractivity contribution in [3.63, 3.8) is 0 Å². The number of amides is 2. The lowest BCUT2D eigenvalue weighted by molar-refractivity contribution is 0.117. The third kappa shape index (κ3) is 3.04. The molecule has 5 nitrogen and oxygen atoms in total. The molecule has 2 aliphatic heterocycles. The van der Waals surface area contributed by atoms with Gasteiger partial charge in [0.1, 0.15) is 0 Å². The van der Waals surface area contributed by atoms with Crippen LogP contribution >= 0.6 is 0 Å². The largest absolute Gasteiger partial charge is 0.331 e. The highest BCUT2D eigenvalue weighted by Crippen LogP contribution is 2.37. The van der Waals surface area contributed by atoms with Crippen LogP contribution in [0.3, 0.4) is 0 Å². The van der Waals surface area contributed by atoms with Gasteiger partial charge >= 0.3 is 6.03 Å². The predicted molar refractivity (Wildman–Crippen MR) is 84.1 cm³/mol. The van der Waals surface area contributed by atoms with Gasteiger partial charge in [-0.05, 0) is 37.5 Å². The van der Waals surface area contributed by atoms with E-state index >= 15 is 0 Å². The summed E-state index contributed by atoms with van der Waals surface area (Å²) in [6.45, 7) is 4.24. The van der Waals surface area contributed by atoms with Gasteiger partial charge in [0.2, 0.25) is 0 Å². The molecule has 21 heavy (non-hydrogen) atoms. The summed E-state index contributed by atoms with van der Waals surface area (Å²) in [5.74, 6) is 1.55. The van der Waals surface area contributed by atoms with Crippen LogP contribution in [0.4, 0.5) is 4.79 Å². The van der Waals surface area contributed by atoms with Crippen molar-refractivity contribution in [2.24, 2.45) is 17.6 Å². The normalized spacial score (nSPS) is 34.8. The van der Waals surface area contributed by atoms with Crippen molar-refractivity contribution >= 4 is 6.03 Å². The van der Waals surface area contributed by atoms with Gasteiger partial charge in [-0.3, -0.25) is 4.90 Å². The molecular formula is C16H30N4O. The Balaban J connectivity index is 1.52. The van der Waals surface area contributed by atoms with Gasteiger partial charge in [0.25, 0.3) is 0 Å². The molecule has 3 rings (SSSR count). The van der Waals surface area contributed by atoms with Crippen LogP contribution < -0.4 is 5.73 Å². The first-order chi connectivity index (χ1) is 10.1. The molecular weight excluding hydrogens is 264 g/mol. The minimum Gasteiger partial charge on any atom is -0.331 e.